The number of hydrogen-bond acceptors (Lipinski definition) is 2. The molecule has 1 unspecified atom stereocenters. The van der Waals surface area contributed by atoms with E-state index in [4.69, 9.17) is 4.74 Å². The second-order valence-corrected chi connectivity index (χ2v) is 4.52. The molecule has 0 N–H and O–H groups in total. The van der Waals surface area contributed by atoms with E-state index in [2.05, 4.69) is 20.1 Å². The minimum atomic E-state index is 0.841. The number of hydrogen-bond donors (Lipinski definition) is 0. The summed E-state index contributed by atoms with van der Waals surface area (Å²) in [5.74, 6) is 1.69. The highest BCUT2D eigenvalue weighted by Gasteiger charge is 2.00. The molecule has 0 saturated carbocycles. The topological polar surface area (TPSA) is 9.23 Å². The predicted molar refractivity (Wildman–Crippen MR) is 62.3 cm³/mol. The highest BCUT2D eigenvalue weighted by molar-refractivity contribution is 7.98. The first kappa shape index (κ1) is 13.3. The van der Waals surface area contributed by atoms with Crippen LogP contribution in [0, 0.1) is 5.92 Å². The maximum absolute atomic E-state index is 5.42. The quantitative estimate of drug-likeness (QED) is 0.416. The Hall–Kier alpha value is 0.310. The number of rotatable bonds is 9. The van der Waals surface area contributed by atoms with Crippen molar-refractivity contribution in [3.8, 4) is 0 Å². The molecule has 0 aliphatic carbocycles. The largest absolute Gasteiger partial charge is 0.371 e. The monoisotopic (exact) mass is 204 g/mol. The van der Waals surface area contributed by atoms with E-state index in [1.165, 1.54) is 32.1 Å². The van der Waals surface area contributed by atoms with Crippen LogP contribution >= 0.6 is 11.8 Å². The molecular weight excluding hydrogens is 180 g/mol. The van der Waals surface area contributed by atoms with Crippen LogP contribution < -0.4 is 0 Å². The first-order chi connectivity index (χ1) is 6.31. The Kier molecular flexibility index (Phi) is 10.6. The van der Waals surface area contributed by atoms with Gasteiger partial charge in [-0.25, -0.2) is 0 Å². The lowest BCUT2D eigenvalue weighted by atomic mass is 10.0. The van der Waals surface area contributed by atoms with E-state index in [-0.39, 0.29) is 0 Å². The van der Waals surface area contributed by atoms with Gasteiger partial charge in [-0.2, -0.15) is 0 Å². The van der Waals surface area contributed by atoms with Crippen molar-refractivity contribution in [2.24, 2.45) is 5.92 Å². The van der Waals surface area contributed by atoms with Crippen molar-refractivity contribution in [3.63, 3.8) is 0 Å². The molecule has 0 aromatic heterocycles. The molecule has 0 aliphatic heterocycles. The van der Waals surface area contributed by atoms with Gasteiger partial charge in [-0.3, -0.25) is 0 Å². The molecule has 0 spiro atoms. The molecule has 2 heteroatoms. The van der Waals surface area contributed by atoms with Crippen molar-refractivity contribution in [2.45, 2.75) is 46.0 Å². The van der Waals surface area contributed by atoms with Crippen molar-refractivity contribution < 1.29 is 4.74 Å². The maximum atomic E-state index is 5.42. The normalized spacial score (nSPS) is 13.2. The Morgan fingerprint density at radius 1 is 1.23 bits per heavy atom. The Balaban J connectivity index is 3.05. The molecule has 1 atom stereocenters. The third-order valence-corrected chi connectivity index (χ3v) is 2.66. The van der Waals surface area contributed by atoms with E-state index in [9.17, 15) is 0 Å². The van der Waals surface area contributed by atoms with Crippen molar-refractivity contribution in [1.82, 2.24) is 0 Å². The molecule has 0 amide bonds. The van der Waals surface area contributed by atoms with E-state index in [1.54, 1.807) is 11.8 Å². The van der Waals surface area contributed by atoms with E-state index in [0.717, 1.165) is 18.5 Å². The number of unbranched alkanes of at least 4 members (excludes halogenated alkanes) is 2. The van der Waals surface area contributed by atoms with Crippen LogP contribution in [-0.2, 0) is 4.74 Å². The maximum Gasteiger partial charge on any atom is 0.0918 e. The summed E-state index contributed by atoms with van der Waals surface area (Å²) in [5, 5.41) is 0. The predicted octanol–water partition coefficient (Wildman–Crippen LogP) is 3.93. The zero-order chi connectivity index (χ0) is 9.94. The van der Waals surface area contributed by atoms with Crippen LogP contribution in [0.2, 0.25) is 0 Å². The second kappa shape index (κ2) is 10.4. The van der Waals surface area contributed by atoms with Gasteiger partial charge in [0.2, 0.25) is 0 Å². The Morgan fingerprint density at radius 2 is 2.00 bits per heavy atom. The first-order valence-corrected chi connectivity index (χ1v) is 6.77. The molecule has 0 aromatic rings. The van der Waals surface area contributed by atoms with Crippen molar-refractivity contribution in [2.75, 3.05) is 18.8 Å². The van der Waals surface area contributed by atoms with Gasteiger partial charge in [0.25, 0.3) is 0 Å². The van der Waals surface area contributed by atoms with Crippen molar-refractivity contribution in [3.05, 3.63) is 0 Å². The molecule has 0 aliphatic rings. The summed E-state index contributed by atoms with van der Waals surface area (Å²) in [7, 11) is 0. The van der Waals surface area contributed by atoms with Gasteiger partial charge in [-0.05, 0) is 18.6 Å². The third kappa shape index (κ3) is 10.2. The molecule has 80 valence electrons. The molecule has 0 aromatic carbocycles. The van der Waals surface area contributed by atoms with Gasteiger partial charge < -0.3 is 4.74 Å². The molecule has 0 rings (SSSR count). The summed E-state index contributed by atoms with van der Waals surface area (Å²) in [6, 6.07) is 0. The molecule has 0 heterocycles. The van der Waals surface area contributed by atoms with Gasteiger partial charge in [0.05, 0.1) is 5.94 Å². The van der Waals surface area contributed by atoms with Crippen molar-refractivity contribution >= 4 is 11.8 Å². The molecule has 0 radical (unpaired) electrons. The Bertz CT molecular complexity index is 96.1. The van der Waals surface area contributed by atoms with Gasteiger partial charge in [-0.1, -0.05) is 39.5 Å². The molecular formula is C11H24OS. The van der Waals surface area contributed by atoms with E-state index >= 15 is 0 Å². The SMILES string of the molecule is CCCCCC(C)CCOCSC. The molecule has 13 heavy (non-hydrogen) atoms. The Morgan fingerprint density at radius 3 is 2.62 bits per heavy atom. The highest BCUT2D eigenvalue weighted by atomic mass is 32.2. The molecule has 0 saturated heterocycles. The van der Waals surface area contributed by atoms with E-state index < -0.39 is 0 Å². The average molecular weight is 204 g/mol. The Labute approximate surface area is 87.6 Å². The van der Waals surface area contributed by atoms with Crippen LogP contribution in [-0.4, -0.2) is 18.8 Å². The molecule has 0 fully saturated rings. The van der Waals surface area contributed by atoms with Crippen LogP contribution in [0.1, 0.15) is 46.0 Å². The van der Waals surface area contributed by atoms with E-state index in [0.29, 0.717) is 0 Å². The van der Waals surface area contributed by atoms with Crippen LogP contribution in [0.5, 0.6) is 0 Å². The van der Waals surface area contributed by atoms with Gasteiger partial charge in [0.1, 0.15) is 0 Å². The summed E-state index contributed by atoms with van der Waals surface area (Å²) in [5.41, 5.74) is 0. The lowest BCUT2D eigenvalue weighted by molar-refractivity contribution is 0.164. The zero-order valence-corrected chi connectivity index (χ0v) is 10.2. The summed E-state index contributed by atoms with van der Waals surface area (Å²) in [6.07, 6.45) is 8.78. The summed E-state index contributed by atoms with van der Waals surface area (Å²) >= 11 is 1.75. The summed E-state index contributed by atoms with van der Waals surface area (Å²) < 4.78 is 5.42. The van der Waals surface area contributed by atoms with Crippen LogP contribution in [0.3, 0.4) is 0 Å². The van der Waals surface area contributed by atoms with Crippen LogP contribution in [0.4, 0.5) is 0 Å². The highest BCUT2D eigenvalue weighted by Crippen LogP contribution is 2.12. The smallest absolute Gasteiger partial charge is 0.0918 e. The van der Waals surface area contributed by atoms with Gasteiger partial charge in [0, 0.05) is 6.61 Å². The minimum absolute atomic E-state index is 0.841. The lowest BCUT2D eigenvalue weighted by Crippen LogP contribution is -2.01. The van der Waals surface area contributed by atoms with Crippen LogP contribution in [0.15, 0.2) is 0 Å². The fourth-order valence-electron chi connectivity index (χ4n) is 1.31. The molecule has 1 nitrogen and oxygen atoms in total. The summed E-state index contributed by atoms with van der Waals surface area (Å²) in [6.45, 7) is 5.53. The van der Waals surface area contributed by atoms with Gasteiger partial charge in [0.15, 0.2) is 0 Å². The number of thioether (sulfide) groups is 1. The first-order valence-electron chi connectivity index (χ1n) is 5.38. The zero-order valence-electron chi connectivity index (χ0n) is 9.34. The lowest BCUT2D eigenvalue weighted by Gasteiger charge is -2.10. The van der Waals surface area contributed by atoms with Gasteiger partial charge in [-0.15, -0.1) is 11.8 Å². The summed E-state index contributed by atoms with van der Waals surface area (Å²) in [4.78, 5) is 0. The van der Waals surface area contributed by atoms with Crippen LogP contribution in [0.25, 0.3) is 0 Å². The average Bonchev–Trinajstić information content (AvgIpc) is 2.13. The fourth-order valence-corrected chi connectivity index (χ4v) is 1.60. The second-order valence-electron chi connectivity index (χ2n) is 3.70. The molecule has 0 bridgehead atoms. The van der Waals surface area contributed by atoms with Gasteiger partial charge >= 0.3 is 0 Å². The minimum Gasteiger partial charge on any atom is -0.371 e. The van der Waals surface area contributed by atoms with E-state index in [1.807, 2.05) is 0 Å². The van der Waals surface area contributed by atoms with Crippen molar-refractivity contribution in [1.29, 1.82) is 0 Å². The number of ether oxygens (including phenoxy) is 1. The fraction of sp³-hybridized carbons (Fsp3) is 1.00. The standard InChI is InChI=1S/C11H24OS/c1-4-5-6-7-11(2)8-9-12-10-13-3/h11H,4-10H2,1-3H3. The third-order valence-electron chi connectivity index (χ3n) is 2.26.